The van der Waals surface area contributed by atoms with E-state index in [1.54, 1.807) is 0 Å². The molecule has 1 saturated heterocycles. The average molecular weight is 270 g/mol. The highest BCUT2D eigenvalue weighted by Gasteiger charge is 2.42. The van der Waals surface area contributed by atoms with E-state index in [-0.39, 0.29) is 5.60 Å². The zero-order valence-electron chi connectivity index (χ0n) is 12.1. The van der Waals surface area contributed by atoms with Crippen LogP contribution < -0.4 is 4.90 Å². The van der Waals surface area contributed by atoms with Gasteiger partial charge in [-0.05, 0) is 37.8 Å². The Bertz CT molecular complexity index is 514. The summed E-state index contributed by atoms with van der Waals surface area (Å²) in [4.78, 5) is 2.16. The van der Waals surface area contributed by atoms with E-state index in [1.807, 2.05) is 24.3 Å². The van der Waals surface area contributed by atoms with Crippen LogP contribution in [0.2, 0.25) is 0 Å². The van der Waals surface area contributed by atoms with Gasteiger partial charge in [0.15, 0.2) is 0 Å². The number of para-hydroxylation sites is 1. The first-order valence-corrected chi connectivity index (χ1v) is 7.60. The molecule has 0 radical (unpaired) electrons. The van der Waals surface area contributed by atoms with Gasteiger partial charge in [0.05, 0.1) is 23.0 Å². The number of hydrogen-bond acceptors (Lipinski definition) is 3. The summed E-state index contributed by atoms with van der Waals surface area (Å²) in [5, 5.41) is 9.19. The number of anilines is 1. The molecule has 106 valence electrons. The SMILES string of the molecule is CN(CC1CCC2(CCCC2)O1)c1ccccc1C#N. The van der Waals surface area contributed by atoms with Crippen LogP contribution in [0, 0.1) is 11.3 Å². The van der Waals surface area contributed by atoms with Crippen LogP contribution in [0.5, 0.6) is 0 Å². The molecular weight excluding hydrogens is 248 g/mol. The summed E-state index contributed by atoms with van der Waals surface area (Å²) < 4.78 is 6.35. The monoisotopic (exact) mass is 270 g/mol. The number of nitriles is 1. The summed E-state index contributed by atoms with van der Waals surface area (Å²) in [6.07, 6.45) is 7.79. The van der Waals surface area contributed by atoms with Crippen molar-refractivity contribution in [2.75, 3.05) is 18.5 Å². The van der Waals surface area contributed by atoms with Crippen molar-refractivity contribution in [1.29, 1.82) is 5.26 Å². The minimum absolute atomic E-state index is 0.195. The highest BCUT2D eigenvalue weighted by molar-refractivity contribution is 5.58. The Kier molecular flexibility index (Phi) is 3.67. The smallest absolute Gasteiger partial charge is 0.101 e. The fourth-order valence-corrected chi connectivity index (χ4v) is 3.72. The number of benzene rings is 1. The Morgan fingerprint density at radius 1 is 1.30 bits per heavy atom. The Hall–Kier alpha value is -1.53. The first kappa shape index (κ1) is 13.5. The lowest BCUT2D eigenvalue weighted by atomic mass is 9.98. The molecule has 1 spiro atoms. The minimum atomic E-state index is 0.195. The maximum atomic E-state index is 9.19. The second kappa shape index (κ2) is 5.46. The van der Waals surface area contributed by atoms with Crippen LogP contribution in [0.3, 0.4) is 0 Å². The highest BCUT2D eigenvalue weighted by Crippen LogP contribution is 2.43. The molecule has 2 aliphatic rings. The van der Waals surface area contributed by atoms with Crippen molar-refractivity contribution in [3.8, 4) is 6.07 Å². The fraction of sp³-hybridized carbons (Fsp3) is 0.588. The molecule has 3 rings (SSSR count). The van der Waals surface area contributed by atoms with Crippen molar-refractivity contribution in [2.24, 2.45) is 0 Å². The third-order valence-corrected chi connectivity index (χ3v) is 4.77. The highest BCUT2D eigenvalue weighted by atomic mass is 16.5. The summed E-state index contributed by atoms with van der Waals surface area (Å²) in [7, 11) is 2.05. The van der Waals surface area contributed by atoms with Gasteiger partial charge in [-0.25, -0.2) is 0 Å². The molecule has 1 aromatic carbocycles. The van der Waals surface area contributed by atoms with Crippen LogP contribution >= 0.6 is 0 Å². The molecule has 0 amide bonds. The topological polar surface area (TPSA) is 36.3 Å². The molecule has 1 atom stereocenters. The van der Waals surface area contributed by atoms with Gasteiger partial charge in [-0.1, -0.05) is 25.0 Å². The molecule has 1 unspecified atom stereocenters. The molecule has 3 heteroatoms. The summed E-state index contributed by atoms with van der Waals surface area (Å²) >= 11 is 0. The first-order valence-electron chi connectivity index (χ1n) is 7.60. The largest absolute Gasteiger partial charge is 0.371 e. The number of rotatable bonds is 3. The van der Waals surface area contributed by atoms with E-state index in [0.717, 1.165) is 24.2 Å². The molecule has 2 fully saturated rings. The second-order valence-corrected chi connectivity index (χ2v) is 6.18. The van der Waals surface area contributed by atoms with Crippen LogP contribution in [0.15, 0.2) is 24.3 Å². The molecule has 3 nitrogen and oxygen atoms in total. The maximum absolute atomic E-state index is 9.19. The van der Waals surface area contributed by atoms with Gasteiger partial charge in [0.2, 0.25) is 0 Å². The zero-order valence-corrected chi connectivity index (χ0v) is 12.1. The third-order valence-electron chi connectivity index (χ3n) is 4.77. The van der Waals surface area contributed by atoms with Crippen molar-refractivity contribution in [1.82, 2.24) is 0 Å². The zero-order chi connectivity index (χ0) is 14.0. The van der Waals surface area contributed by atoms with E-state index in [2.05, 4.69) is 18.0 Å². The van der Waals surface area contributed by atoms with E-state index >= 15 is 0 Å². The molecule has 0 aromatic heterocycles. The molecular formula is C17H22N2O. The molecule has 1 saturated carbocycles. The van der Waals surface area contributed by atoms with E-state index in [4.69, 9.17) is 4.74 Å². The van der Waals surface area contributed by atoms with Crippen LogP contribution in [-0.2, 0) is 4.74 Å². The molecule has 1 aliphatic heterocycles. The van der Waals surface area contributed by atoms with Crippen molar-refractivity contribution >= 4 is 5.69 Å². The van der Waals surface area contributed by atoms with Gasteiger partial charge in [-0.15, -0.1) is 0 Å². The first-order chi connectivity index (χ1) is 9.72. The Balaban J connectivity index is 1.65. The Morgan fingerprint density at radius 3 is 2.80 bits per heavy atom. The molecule has 0 bridgehead atoms. The van der Waals surface area contributed by atoms with Crippen molar-refractivity contribution in [2.45, 2.75) is 50.2 Å². The quantitative estimate of drug-likeness (QED) is 0.843. The number of nitrogens with zero attached hydrogens (tertiary/aromatic N) is 2. The van der Waals surface area contributed by atoms with Gasteiger partial charge in [-0.3, -0.25) is 0 Å². The van der Waals surface area contributed by atoms with Gasteiger partial charge >= 0.3 is 0 Å². The lowest BCUT2D eigenvalue weighted by Gasteiger charge is -2.27. The summed E-state index contributed by atoms with van der Waals surface area (Å²) in [6.45, 7) is 0.875. The van der Waals surface area contributed by atoms with E-state index < -0.39 is 0 Å². The average Bonchev–Trinajstić information content (AvgIpc) is 3.09. The number of hydrogen-bond donors (Lipinski definition) is 0. The third kappa shape index (κ3) is 2.53. The van der Waals surface area contributed by atoms with Crippen LogP contribution in [0.1, 0.15) is 44.1 Å². The maximum Gasteiger partial charge on any atom is 0.101 e. The second-order valence-electron chi connectivity index (χ2n) is 6.18. The van der Waals surface area contributed by atoms with Gasteiger partial charge < -0.3 is 9.64 Å². The van der Waals surface area contributed by atoms with Crippen molar-refractivity contribution in [3.63, 3.8) is 0 Å². The van der Waals surface area contributed by atoms with E-state index in [1.165, 1.54) is 32.1 Å². The predicted octanol–water partition coefficient (Wildman–Crippen LogP) is 3.49. The summed E-state index contributed by atoms with van der Waals surface area (Å²) in [6, 6.07) is 10.1. The normalized spacial score (nSPS) is 23.9. The molecule has 20 heavy (non-hydrogen) atoms. The van der Waals surface area contributed by atoms with Crippen LogP contribution in [0.4, 0.5) is 5.69 Å². The van der Waals surface area contributed by atoms with Crippen LogP contribution in [0.25, 0.3) is 0 Å². The van der Waals surface area contributed by atoms with Crippen LogP contribution in [-0.4, -0.2) is 25.3 Å². The number of ether oxygens (including phenoxy) is 1. The van der Waals surface area contributed by atoms with Gasteiger partial charge in [-0.2, -0.15) is 5.26 Å². The standard InChI is InChI=1S/C17H22N2O/c1-19(16-7-3-2-6-14(16)12-18)13-15-8-11-17(20-15)9-4-5-10-17/h2-3,6-7,15H,4-5,8-11,13H2,1H3. The summed E-state index contributed by atoms with van der Waals surface area (Å²) in [5.74, 6) is 0. The van der Waals surface area contributed by atoms with Crippen molar-refractivity contribution in [3.05, 3.63) is 29.8 Å². The lowest BCUT2D eigenvalue weighted by molar-refractivity contribution is -0.0324. The van der Waals surface area contributed by atoms with Gasteiger partial charge in [0.25, 0.3) is 0 Å². The minimum Gasteiger partial charge on any atom is -0.371 e. The van der Waals surface area contributed by atoms with Crippen molar-refractivity contribution < 1.29 is 4.74 Å². The van der Waals surface area contributed by atoms with E-state index in [9.17, 15) is 5.26 Å². The molecule has 1 aliphatic carbocycles. The van der Waals surface area contributed by atoms with E-state index in [0.29, 0.717) is 6.10 Å². The molecule has 1 heterocycles. The molecule has 1 aromatic rings. The summed E-state index contributed by atoms with van der Waals surface area (Å²) in [5.41, 5.74) is 1.94. The number of likely N-dealkylation sites (N-methyl/N-ethyl adjacent to an activating group) is 1. The molecule has 0 N–H and O–H groups in total. The van der Waals surface area contributed by atoms with Gasteiger partial charge in [0, 0.05) is 13.6 Å². The Labute approximate surface area is 121 Å². The lowest BCUT2D eigenvalue weighted by Crippen LogP contribution is -2.32. The fourth-order valence-electron chi connectivity index (χ4n) is 3.72. The Morgan fingerprint density at radius 2 is 2.05 bits per heavy atom. The van der Waals surface area contributed by atoms with Gasteiger partial charge in [0.1, 0.15) is 6.07 Å². The predicted molar refractivity (Wildman–Crippen MR) is 79.7 cm³/mol.